The zero-order chi connectivity index (χ0) is 15.3. The summed E-state index contributed by atoms with van der Waals surface area (Å²) in [6.07, 6.45) is -4.73. The van der Waals surface area contributed by atoms with Crippen molar-refractivity contribution < 1.29 is 27.9 Å². The van der Waals surface area contributed by atoms with Gasteiger partial charge in [-0.15, -0.1) is 0 Å². The van der Waals surface area contributed by atoms with Crippen LogP contribution >= 0.6 is 0 Å². The van der Waals surface area contributed by atoms with E-state index in [1.807, 2.05) is 0 Å². The average molecular weight is 290 g/mol. The molecule has 2 N–H and O–H groups in total. The van der Waals surface area contributed by atoms with Crippen molar-refractivity contribution in [2.45, 2.75) is 12.6 Å². The molecule has 0 heterocycles. The van der Waals surface area contributed by atoms with Gasteiger partial charge in [-0.05, 0) is 18.2 Å². The zero-order valence-electron chi connectivity index (χ0n) is 10.6. The normalized spacial score (nSPS) is 11.0. The first kappa shape index (κ1) is 15.8. The van der Waals surface area contributed by atoms with Crippen LogP contribution in [0.1, 0.15) is 12.0 Å². The predicted octanol–water partition coefficient (Wildman–Crippen LogP) is 2.64. The molecule has 1 aromatic carbocycles. The van der Waals surface area contributed by atoms with Crippen molar-refractivity contribution in [3.8, 4) is 0 Å². The Balaban J connectivity index is 2.69. The monoisotopic (exact) mass is 290 g/mol. The first-order valence-electron chi connectivity index (χ1n) is 5.61. The van der Waals surface area contributed by atoms with E-state index in [1.165, 1.54) is 19.2 Å². The quantitative estimate of drug-likeness (QED) is 0.895. The Bertz CT molecular complexity index is 503. The molecule has 0 aliphatic heterocycles. The highest BCUT2D eigenvalue weighted by molar-refractivity contribution is 5.89. The summed E-state index contributed by atoms with van der Waals surface area (Å²) in [5.74, 6) is -1.07. The first-order valence-corrected chi connectivity index (χ1v) is 5.61. The maximum Gasteiger partial charge on any atom is 0.416 e. The number of carbonyl (C=O) groups is 2. The summed E-state index contributed by atoms with van der Waals surface area (Å²) in [6.45, 7) is -0.0415. The summed E-state index contributed by atoms with van der Waals surface area (Å²) in [5.41, 5.74) is -0.879. The van der Waals surface area contributed by atoms with E-state index in [-0.39, 0.29) is 18.7 Å². The lowest BCUT2D eigenvalue weighted by atomic mass is 10.2. The largest absolute Gasteiger partial charge is 0.481 e. The van der Waals surface area contributed by atoms with Crippen LogP contribution in [0, 0.1) is 0 Å². The summed E-state index contributed by atoms with van der Waals surface area (Å²) in [4.78, 5) is 23.1. The number of hydrogen-bond donors (Lipinski definition) is 2. The number of halogens is 3. The third-order valence-corrected chi connectivity index (χ3v) is 2.45. The van der Waals surface area contributed by atoms with Crippen LogP contribution in [0.4, 0.5) is 23.7 Å². The molecule has 1 aromatic rings. The molecule has 0 fully saturated rings. The van der Waals surface area contributed by atoms with Gasteiger partial charge in [0.2, 0.25) is 0 Å². The minimum Gasteiger partial charge on any atom is -0.481 e. The SMILES string of the molecule is CN(CCC(=O)O)C(=O)Nc1cccc(C(F)(F)F)c1. The fraction of sp³-hybridized carbons (Fsp3) is 0.333. The van der Waals surface area contributed by atoms with Gasteiger partial charge in [-0.2, -0.15) is 13.2 Å². The number of nitrogens with zero attached hydrogens (tertiary/aromatic N) is 1. The fourth-order valence-corrected chi connectivity index (χ4v) is 1.36. The van der Waals surface area contributed by atoms with Gasteiger partial charge < -0.3 is 15.3 Å². The van der Waals surface area contributed by atoms with Crippen LogP contribution in [0.25, 0.3) is 0 Å². The Hall–Kier alpha value is -2.25. The van der Waals surface area contributed by atoms with Crippen LogP contribution in [0.2, 0.25) is 0 Å². The lowest BCUT2D eigenvalue weighted by Gasteiger charge is -2.17. The third-order valence-electron chi connectivity index (χ3n) is 2.45. The molecular formula is C12H13F3N2O3. The summed E-state index contributed by atoms with van der Waals surface area (Å²) >= 11 is 0. The molecule has 0 spiro atoms. The number of carbonyl (C=O) groups excluding carboxylic acids is 1. The number of amides is 2. The minimum absolute atomic E-state index is 0.00741. The number of anilines is 1. The molecule has 2 amide bonds. The second kappa shape index (κ2) is 6.27. The van der Waals surface area contributed by atoms with E-state index in [0.717, 1.165) is 17.0 Å². The van der Waals surface area contributed by atoms with Gasteiger partial charge >= 0.3 is 18.2 Å². The van der Waals surface area contributed by atoms with Gasteiger partial charge in [-0.3, -0.25) is 4.79 Å². The Kier molecular flexibility index (Phi) is 4.95. The maximum absolute atomic E-state index is 12.5. The van der Waals surface area contributed by atoms with Crippen LogP contribution in [-0.2, 0) is 11.0 Å². The number of carboxylic acid groups (broad SMARTS) is 1. The Labute approximate surface area is 113 Å². The fourth-order valence-electron chi connectivity index (χ4n) is 1.36. The smallest absolute Gasteiger partial charge is 0.416 e. The van der Waals surface area contributed by atoms with E-state index in [0.29, 0.717) is 0 Å². The van der Waals surface area contributed by atoms with Crippen molar-refractivity contribution in [2.24, 2.45) is 0 Å². The second-order valence-corrected chi connectivity index (χ2v) is 4.07. The Morgan fingerprint density at radius 1 is 1.35 bits per heavy atom. The highest BCUT2D eigenvalue weighted by Crippen LogP contribution is 2.30. The molecule has 0 aliphatic carbocycles. The van der Waals surface area contributed by atoms with Gasteiger partial charge in [-0.1, -0.05) is 6.07 Å². The van der Waals surface area contributed by atoms with E-state index in [4.69, 9.17) is 5.11 Å². The number of carboxylic acids is 1. The molecule has 1 rings (SSSR count). The molecule has 0 saturated heterocycles. The second-order valence-electron chi connectivity index (χ2n) is 4.07. The van der Waals surface area contributed by atoms with Crippen LogP contribution in [0.3, 0.4) is 0 Å². The molecule has 20 heavy (non-hydrogen) atoms. The summed E-state index contributed by atoms with van der Waals surface area (Å²) < 4.78 is 37.5. The molecule has 0 aromatic heterocycles. The van der Waals surface area contributed by atoms with Crippen LogP contribution in [0.5, 0.6) is 0 Å². The molecule has 5 nitrogen and oxygen atoms in total. The number of nitrogens with one attached hydrogen (secondary N) is 1. The van der Waals surface area contributed by atoms with Crippen LogP contribution in [0.15, 0.2) is 24.3 Å². The lowest BCUT2D eigenvalue weighted by Crippen LogP contribution is -2.33. The van der Waals surface area contributed by atoms with E-state index in [2.05, 4.69) is 5.32 Å². The van der Waals surface area contributed by atoms with Gasteiger partial charge in [0.05, 0.1) is 12.0 Å². The number of alkyl halides is 3. The molecule has 0 unspecified atom stereocenters. The molecule has 0 aliphatic rings. The molecule has 8 heteroatoms. The van der Waals surface area contributed by atoms with E-state index in [9.17, 15) is 22.8 Å². The number of aliphatic carboxylic acids is 1. The van der Waals surface area contributed by atoms with Gasteiger partial charge in [0.25, 0.3) is 0 Å². The summed E-state index contributed by atoms with van der Waals surface area (Å²) in [5, 5.41) is 10.7. The van der Waals surface area contributed by atoms with Crippen molar-refractivity contribution in [3.63, 3.8) is 0 Å². The molecule has 0 bridgehead atoms. The number of rotatable bonds is 4. The standard InChI is InChI=1S/C12H13F3N2O3/c1-17(6-5-10(18)19)11(20)16-9-4-2-3-8(7-9)12(13,14)15/h2-4,7H,5-6H2,1H3,(H,16,20)(H,18,19). The van der Waals surface area contributed by atoms with Gasteiger partial charge in [0.15, 0.2) is 0 Å². The first-order chi connectivity index (χ1) is 9.20. The van der Waals surface area contributed by atoms with Gasteiger partial charge in [0.1, 0.15) is 0 Å². The van der Waals surface area contributed by atoms with Crippen molar-refractivity contribution in [1.82, 2.24) is 4.90 Å². The van der Waals surface area contributed by atoms with Gasteiger partial charge in [0, 0.05) is 19.3 Å². The zero-order valence-corrected chi connectivity index (χ0v) is 10.6. The van der Waals surface area contributed by atoms with Crippen molar-refractivity contribution >= 4 is 17.7 Å². The molecule has 0 saturated carbocycles. The third kappa shape index (κ3) is 4.79. The lowest BCUT2D eigenvalue weighted by molar-refractivity contribution is -0.138. The summed E-state index contributed by atoms with van der Waals surface area (Å²) in [7, 11) is 1.35. The van der Waals surface area contributed by atoms with Gasteiger partial charge in [-0.25, -0.2) is 4.79 Å². The van der Waals surface area contributed by atoms with Crippen molar-refractivity contribution in [3.05, 3.63) is 29.8 Å². The Morgan fingerprint density at radius 2 is 2.00 bits per heavy atom. The number of urea groups is 1. The average Bonchev–Trinajstić information content (AvgIpc) is 2.35. The summed E-state index contributed by atoms with van der Waals surface area (Å²) in [6, 6.07) is 3.52. The highest BCUT2D eigenvalue weighted by atomic mass is 19.4. The van der Waals surface area contributed by atoms with E-state index < -0.39 is 23.7 Å². The van der Waals surface area contributed by atoms with Crippen LogP contribution in [-0.4, -0.2) is 35.6 Å². The van der Waals surface area contributed by atoms with Crippen LogP contribution < -0.4 is 5.32 Å². The van der Waals surface area contributed by atoms with Crippen molar-refractivity contribution in [1.29, 1.82) is 0 Å². The highest BCUT2D eigenvalue weighted by Gasteiger charge is 2.30. The molecule has 110 valence electrons. The van der Waals surface area contributed by atoms with E-state index >= 15 is 0 Å². The molecule has 0 radical (unpaired) electrons. The number of benzene rings is 1. The molecular weight excluding hydrogens is 277 g/mol. The topological polar surface area (TPSA) is 69.6 Å². The minimum atomic E-state index is -4.49. The molecule has 0 atom stereocenters. The maximum atomic E-state index is 12.5. The predicted molar refractivity (Wildman–Crippen MR) is 65.3 cm³/mol. The van der Waals surface area contributed by atoms with E-state index in [1.54, 1.807) is 0 Å². The number of hydrogen-bond acceptors (Lipinski definition) is 2. The Morgan fingerprint density at radius 3 is 2.55 bits per heavy atom. The van der Waals surface area contributed by atoms with Crippen molar-refractivity contribution in [2.75, 3.05) is 18.9 Å².